The first-order valence-corrected chi connectivity index (χ1v) is 8.29. The highest BCUT2D eigenvalue weighted by Gasteiger charge is 2.31. The number of β-amino-alcohol motifs (C(OH)–C–C–N with tert-alkyl or cyclic N) is 1. The van der Waals surface area contributed by atoms with E-state index in [-0.39, 0.29) is 42.6 Å². The zero-order valence-electron chi connectivity index (χ0n) is 14.1. The molecule has 2 saturated heterocycles. The number of nitrogens with zero attached hydrogens (tertiary/aromatic N) is 2. The molecule has 2 atom stereocenters. The van der Waals surface area contributed by atoms with E-state index in [1.54, 1.807) is 0 Å². The first-order chi connectivity index (χ1) is 11.1. The monoisotopic (exact) mass is 393 g/mol. The van der Waals surface area contributed by atoms with Crippen molar-refractivity contribution in [2.75, 3.05) is 32.7 Å². The van der Waals surface area contributed by atoms with Crippen molar-refractivity contribution in [2.24, 2.45) is 0 Å². The van der Waals surface area contributed by atoms with Crippen LogP contribution < -0.4 is 5.32 Å². The van der Waals surface area contributed by atoms with Gasteiger partial charge in [0.2, 0.25) is 5.91 Å². The number of aliphatic hydroxyl groups is 1. The van der Waals surface area contributed by atoms with Crippen LogP contribution in [-0.2, 0) is 11.3 Å². The van der Waals surface area contributed by atoms with Crippen LogP contribution in [0.4, 0.5) is 4.39 Å². The van der Waals surface area contributed by atoms with Crippen molar-refractivity contribution in [3.63, 3.8) is 0 Å². The first-order valence-electron chi connectivity index (χ1n) is 8.29. The normalized spacial score (nSPS) is 24.2. The molecule has 1 aromatic carbocycles. The summed E-state index contributed by atoms with van der Waals surface area (Å²) in [6.07, 6.45) is 1.03. The van der Waals surface area contributed by atoms with Gasteiger partial charge in [-0.05, 0) is 30.5 Å². The summed E-state index contributed by atoms with van der Waals surface area (Å²) in [6, 6.07) is 6.36. The largest absolute Gasteiger partial charge is 0.392 e. The Hall–Kier alpha value is -0.920. The summed E-state index contributed by atoms with van der Waals surface area (Å²) in [6.45, 7) is 4.49. The van der Waals surface area contributed by atoms with Crippen LogP contribution in [0.2, 0.25) is 0 Å². The highest BCUT2D eigenvalue weighted by molar-refractivity contribution is 5.85. The minimum atomic E-state index is -0.411. The molecule has 0 spiro atoms. The maximum Gasteiger partial charge on any atom is 0.239 e. The van der Waals surface area contributed by atoms with Gasteiger partial charge in [-0.3, -0.25) is 9.69 Å². The molecule has 0 bridgehead atoms. The molecule has 142 valence electrons. The fourth-order valence-electron chi connectivity index (χ4n) is 3.32. The van der Waals surface area contributed by atoms with Crippen molar-refractivity contribution >= 4 is 30.7 Å². The molecule has 0 aliphatic carbocycles. The van der Waals surface area contributed by atoms with Gasteiger partial charge in [0.1, 0.15) is 5.82 Å². The number of aliphatic hydroxyl groups excluding tert-OH is 1. The topological polar surface area (TPSA) is 55.8 Å². The van der Waals surface area contributed by atoms with E-state index in [0.717, 1.165) is 38.2 Å². The number of amides is 1. The molecule has 1 aromatic rings. The van der Waals surface area contributed by atoms with E-state index in [0.29, 0.717) is 19.5 Å². The summed E-state index contributed by atoms with van der Waals surface area (Å²) in [4.78, 5) is 16.7. The van der Waals surface area contributed by atoms with Crippen LogP contribution >= 0.6 is 24.8 Å². The van der Waals surface area contributed by atoms with Gasteiger partial charge in [0.25, 0.3) is 0 Å². The average Bonchev–Trinajstić information content (AvgIpc) is 2.84. The number of halogens is 3. The molecule has 2 N–H and O–H groups in total. The van der Waals surface area contributed by atoms with Crippen LogP contribution in [0.3, 0.4) is 0 Å². The number of carbonyl (C=O) groups excluding carboxylic acids is 1. The molecule has 2 fully saturated rings. The molecule has 8 heteroatoms. The Morgan fingerprint density at radius 1 is 1.16 bits per heavy atom. The highest BCUT2D eigenvalue weighted by Crippen LogP contribution is 2.14. The van der Waals surface area contributed by atoms with E-state index < -0.39 is 6.10 Å². The fraction of sp³-hybridized carbons (Fsp3) is 0.588. The number of carbonyl (C=O) groups is 1. The zero-order chi connectivity index (χ0) is 16.2. The SMILES string of the molecule is Cl.Cl.O=C(C1CC(O)CN1)N1CCCN(Cc2ccc(F)cc2)CC1. The number of hydrogen-bond donors (Lipinski definition) is 2. The number of hydrogen-bond acceptors (Lipinski definition) is 4. The molecule has 3 rings (SSSR count). The van der Waals surface area contributed by atoms with Gasteiger partial charge in [-0.1, -0.05) is 12.1 Å². The molecule has 2 aliphatic heterocycles. The van der Waals surface area contributed by atoms with Crippen molar-refractivity contribution < 1.29 is 14.3 Å². The minimum absolute atomic E-state index is 0. The smallest absolute Gasteiger partial charge is 0.239 e. The van der Waals surface area contributed by atoms with Crippen molar-refractivity contribution in [3.8, 4) is 0 Å². The van der Waals surface area contributed by atoms with Gasteiger partial charge in [0.15, 0.2) is 0 Å². The van der Waals surface area contributed by atoms with Gasteiger partial charge in [-0.25, -0.2) is 4.39 Å². The van der Waals surface area contributed by atoms with E-state index in [1.807, 2.05) is 17.0 Å². The third kappa shape index (κ3) is 6.08. The second-order valence-corrected chi connectivity index (χ2v) is 6.43. The average molecular weight is 394 g/mol. The van der Waals surface area contributed by atoms with Gasteiger partial charge in [-0.15, -0.1) is 24.8 Å². The number of nitrogens with one attached hydrogen (secondary N) is 1. The number of benzene rings is 1. The van der Waals surface area contributed by atoms with Crippen LogP contribution in [0, 0.1) is 5.82 Å². The minimum Gasteiger partial charge on any atom is -0.392 e. The maximum absolute atomic E-state index is 13.0. The lowest BCUT2D eigenvalue weighted by molar-refractivity contribution is -0.133. The number of rotatable bonds is 3. The van der Waals surface area contributed by atoms with Crippen LogP contribution in [-0.4, -0.2) is 65.7 Å². The van der Waals surface area contributed by atoms with Crippen molar-refractivity contribution in [3.05, 3.63) is 35.6 Å². The summed E-state index contributed by atoms with van der Waals surface area (Å²) in [5.41, 5.74) is 1.09. The Morgan fingerprint density at radius 3 is 2.52 bits per heavy atom. The second-order valence-electron chi connectivity index (χ2n) is 6.43. The fourth-order valence-corrected chi connectivity index (χ4v) is 3.32. The van der Waals surface area contributed by atoms with E-state index in [9.17, 15) is 14.3 Å². The molecule has 1 amide bonds. The molecular weight excluding hydrogens is 368 g/mol. The predicted molar refractivity (Wildman–Crippen MR) is 99.8 cm³/mol. The van der Waals surface area contributed by atoms with Crippen LogP contribution in [0.15, 0.2) is 24.3 Å². The Labute approximate surface area is 160 Å². The predicted octanol–water partition coefficient (Wildman–Crippen LogP) is 1.43. The Bertz CT molecular complexity index is 547. The lowest BCUT2D eigenvalue weighted by atomic mass is 10.2. The Morgan fingerprint density at radius 2 is 1.88 bits per heavy atom. The molecule has 0 radical (unpaired) electrons. The maximum atomic E-state index is 13.0. The van der Waals surface area contributed by atoms with E-state index in [2.05, 4.69) is 10.2 Å². The quantitative estimate of drug-likeness (QED) is 0.815. The molecule has 0 saturated carbocycles. The van der Waals surface area contributed by atoms with Crippen LogP contribution in [0.25, 0.3) is 0 Å². The summed E-state index contributed by atoms with van der Waals surface area (Å²) >= 11 is 0. The second kappa shape index (κ2) is 10.3. The van der Waals surface area contributed by atoms with Gasteiger partial charge >= 0.3 is 0 Å². The summed E-state index contributed by atoms with van der Waals surface area (Å²) in [5.74, 6) is -0.113. The van der Waals surface area contributed by atoms with Crippen molar-refractivity contribution in [2.45, 2.75) is 31.5 Å². The van der Waals surface area contributed by atoms with Crippen LogP contribution in [0.5, 0.6) is 0 Å². The highest BCUT2D eigenvalue weighted by atomic mass is 35.5. The van der Waals surface area contributed by atoms with Gasteiger partial charge < -0.3 is 15.3 Å². The first kappa shape index (κ1) is 22.1. The summed E-state index contributed by atoms with van der Waals surface area (Å²) < 4.78 is 13.0. The van der Waals surface area contributed by atoms with Crippen molar-refractivity contribution in [1.82, 2.24) is 15.1 Å². The van der Waals surface area contributed by atoms with Gasteiger partial charge in [0, 0.05) is 39.3 Å². The van der Waals surface area contributed by atoms with Gasteiger partial charge in [-0.2, -0.15) is 0 Å². The standard InChI is InChI=1S/C17H24FN3O2.2ClH/c18-14-4-2-13(3-5-14)12-20-6-1-7-21(9-8-20)17(23)16-10-15(22)11-19-16;;/h2-5,15-16,19,22H,1,6-12H2;2*1H. The lowest BCUT2D eigenvalue weighted by Crippen LogP contribution is -2.45. The lowest BCUT2D eigenvalue weighted by Gasteiger charge is -2.24. The Kier molecular flexibility index (Phi) is 9.10. The summed E-state index contributed by atoms with van der Waals surface area (Å²) in [7, 11) is 0. The van der Waals surface area contributed by atoms with Gasteiger partial charge in [0.05, 0.1) is 12.1 Å². The Balaban J connectivity index is 0.00000156. The third-order valence-electron chi connectivity index (χ3n) is 4.63. The molecule has 2 heterocycles. The molecule has 2 unspecified atom stereocenters. The molecule has 0 aromatic heterocycles. The summed E-state index contributed by atoms with van der Waals surface area (Å²) in [5, 5.41) is 12.6. The molecular formula is C17H26Cl2FN3O2. The van der Waals surface area contributed by atoms with Crippen molar-refractivity contribution in [1.29, 1.82) is 0 Å². The molecule has 25 heavy (non-hydrogen) atoms. The van der Waals surface area contributed by atoms with E-state index in [4.69, 9.17) is 0 Å². The van der Waals surface area contributed by atoms with E-state index in [1.165, 1.54) is 12.1 Å². The van der Waals surface area contributed by atoms with E-state index >= 15 is 0 Å². The molecule has 2 aliphatic rings. The zero-order valence-corrected chi connectivity index (χ0v) is 15.7. The molecule has 5 nitrogen and oxygen atoms in total. The van der Waals surface area contributed by atoms with Crippen LogP contribution in [0.1, 0.15) is 18.4 Å². The third-order valence-corrected chi connectivity index (χ3v) is 4.63.